The van der Waals surface area contributed by atoms with Gasteiger partial charge in [0.15, 0.2) is 6.10 Å². The van der Waals surface area contributed by atoms with Gasteiger partial charge < -0.3 is 10.1 Å². The number of aromatic nitrogens is 1. The molecule has 1 aromatic carbocycles. The first-order valence-corrected chi connectivity index (χ1v) is 7.10. The summed E-state index contributed by atoms with van der Waals surface area (Å²) in [5.41, 5.74) is 0.736. The van der Waals surface area contributed by atoms with Crippen molar-refractivity contribution in [3.63, 3.8) is 0 Å². The van der Waals surface area contributed by atoms with Crippen molar-refractivity contribution in [2.24, 2.45) is 0 Å². The van der Waals surface area contributed by atoms with Crippen molar-refractivity contribution in [2.45, 2.75) is 13.0 Å². The Bertz CT molecular complexity index is 692. The fraction of sp³-hybridized carbons (Fsp3) is 0.133. The van der Waals surface area contributed by atoms with E-state index in [1.807, 2.05) is 0 Å². The molecule has 1 amide bonds. The number of nitrogens with one attached hydrogen (secondary N) is 1. The molecule has 0 aliphatic carbocycles. The van der Waals surface area contributed by atoms with Gasteiger partial charge in [0.25, 0.3) is 5.91 Å². The summed E-state index contributed by atoms with van der Waals surface area (Å²) in [7, 11) is 0. The molecule has 1 atom stereocenters. The number of anilines is 1. The highest BCUT2D eigenvalue weighted by Gasteiger charge is 2.19. The smallest absolute Gasteiger partial charge is 0.340 e. The van der Waals surface area contributed by atoms with Crippen LogP contribution in [0.3, 0.4) is 0 Å². The average molecular weight is 339 g/mol. The molecule has 2 rings (SSSR count). The number of hydrogen-bond donors (Lipinski definition) is 1. The van der Waals surface area contributed by atoms with Crippen LogP contribution in [0.5, 0.6) is 0 Å². The Morgan fingerprint density at radius 3 is 2.64 bits per heavy atom. The summed E-state index contributed by atoms with van der Waals surface area (Å²) >= 11 is 11.7. The number of esters is 1. The topological polar surface area (TPSA) is 68.3 Å². The van der Waals surface area contributed by atoms with E-state index in [9.17, 15) is 9.59 Å². The SMILES string of the molecule is CC(OC(=O)c1cccnc1)C(=O)Nc1ccc(Cl)c(Cl)c1. The fourth-order valence-corrected chi connectivity index (χ4v) is 1.88. The molecule has 1 aromatic heterocycles. The summed E-state index contributed by atoms with van der Waals surface area (Å²) in [6.45, 7) is 1.47. The van der Waals surface area contributed by atoms with Crippen LogP contribution in [0.25, 0.3) is 0 Å². The average Bonchev–Trinajstić information content (AvgIpc) is 2.51. The molecule has 22 heavy (non-hydrogen) atoms. The first kappa shape index (κ1) is 16.3. The second kappa shape index (κ2) is 7.24. The zero-order chi connectivity index (χ0) is 16.1. The predicted molar refractivity (Wildman–Crippen MR) is 84.2 cm³/mol. The van der Waals surface area contributed by atoms with Crippen LogP contribution in [-0.4, -0.2) is 23.0 Å². The van der Waals surface area contributed by atoms with Crippen molar-refractivity contribution in [2.75, 3.05) is 5.32 Å². The van der Waals surface area contributed by atoms with Crippen LogP contribution in [0.2, 0.25) is 10.0 Å². The molecule has 2 aromatic rings. The third-order valence-electron chi connectivity index (χ3n) is 2.74. The molecule has 1 unspecified atom stereocenters. The molecule has 0 saturated heterocycles. The summed E-state index contributed by atoms with van der Waals surface area (Å²) in [5, 5.41) is 3.30. The maximum Gasteiger partial charge on any atom is 0.340 e. The minimum Gasteiger partial charge on any atom is -0.449 e. The van der Waals surface area contributed by atoms with E-state index >= 15 is 0 Å². The molecule has 1 N–H and O–H groups in total. The van der Waals surface area contributed by atoms with Gasteiger partial charge in [-0.15, -0.1) is 0 Å². The highest BCUT2D eigenvalue weighted by atomic mass is 35.5. The molecule has 0 aliphatic rings. The Labute approximate surface area is 137 Å². The normalized spacial score (nSPS) is 11.6. The number of benzene rings is 1. The van der Waals surface area contributed by atoms with E-state index in [1.54, 1.807) is 24.3 Å². The Morgan fingerprint density at radius 2 is 2.00 bits per heavy atom. The first-order chi connectivity index (χ1) is 10.5. The van der Waals surface area contributed by atoms with Gasteiger partial charge >= 0.3 is 5.97 Å². The highest BCUT2D eigenvalue weighted by molar-refractivity contribution is 6.42. The van der Waals surface area contributed by atoms with Crippen LogP contribution in [-0.2, 0) is 9.53 Å². The minimum atomic E-state index is -0.970. The number of rotatable bonds is 4. The first-order valence-electron chi connectivity index (χ1n) is 6.34. The molecule has 0 spiro atoms. The Morgan fingerprint density at radius 1 is 1.23 bits per heavy atom. The van der Waals surface area contributed by atoms with E-state index in [1.165, 1.54) is 25.4 Å². The van der Waals surface area contributed by atoms with Gasteiger partial charge in [0.2, 0.25) is 0 Å². The van der Waals surface area contributed by atoms with Crippen molar-refractivity contribution in [3.05, 3.63) is 58.3 Å². The van der Waals surface area contributed by atoms with Gasteiger partial charge in [-0.2, -0.15) is 0 Å². The molecule has 0 fully saturated rings. The van der Waals surface area contributed by atoms with Gasteiger partial charge in [-0.25, -0.2) is 4.79 Å². The molecule has 114 valence electrons. The predicted octanol–water partition coefficient (Wildman–Crippen LogP) is 3.57. The zero-order valence-corrected chi connectivity index (χ0v) is 13.1. The van der Waals surface area contributed by atoms with Gasteiger partial charge in [0.1, 0.15) is 0 Å². The standard InChI is InChI=1S/C15H12Cl2N2O3/c1-9(22-15(21)10-3-2-6-18-8-10)14(20)19-11-4-5-12(16)13(17)7-11/h2-9H,1H3,(H,19,20). The number of nitrogens with zero attached hydrogens (tertiary/aromatic N) is 1. The van der Waals surface area contributed by atoms with Gasteiger partial charge in [-0.05, 0) is 37.3 Å². The van der Waals surface area contributed by atoms with Crippen molar-refractivity contribution in [1.82, 2.24) is 4.98 Å². The van der Waals surface area contributed by atoms with Crippen LogP contribution >= 0.6 is 23.2 Å². The Hall–Kier alpha value is -2.11. The van der Waals surface area contributed by atoms with Crippen molar-refractivity contribution >= 4 is 40.8 Å². The van der Waals surface area contributed by atoms with E-state index in [4.69, 9.17) is 27.9 Å². The lowest BCUT2D eigenvalue weighted by Gasteiger charge is -2.13. The van der Waals surface area contributed by atoms with Gasteiger partial charge in [-0.3, -0.25) is 9.78 Å². The van der Waals surface area contributed by atoms with Crippen LogP contribution in [0, 0.1) is 0 Å². The molecule has 0 bridgehead atoms. The van der Waals surface area contributed by atoms with Gasteiger partial charge in [0, 0.05) is 18.1 Å². The van der Waals surface area contributed by atoms with E-state index in [0.717, 1.165) is 0 Å². The van der Waals surface area contributed by atoms with E-state index in [-0.39, 0.29) is 5.56 Å². The van der Waals surface area contributed by atoms with Gasteiger partial charge in [0.05, 0.1) is 15.6 Å². The molecule has 5 nitrogen and oxygen atoms in total. The third kappa shape index (κ3) is 4.19. The molecule has 0 radical (unpaired) electrons. The summed E-state index contributed by atoms with van der Waals surface area (Å²) in [5.74, 6) is -1.10. The summed E-state index contributed by atoms with van der Waals surface area (Å²) in [6.07, 6.45) is 1.94. The van der Waals surface area contributed by atoms with Crippen LogP contribution in [0.4, 0.5) is 5.69 Å². The number of amides is 1. The van der Waals surface area contributed by atoms with Crippen molar-refractivity contribution in [1.29, 1.82) is 0 Å². The van der Waals surface area contributed by atoms with E-state index in [2.05, 4.69) is 10.3 Å². The van der Waals surface area contributed by atoms with Gasteiger partial charge in [-0.1, -0.05) is 23.2 Å². The zero-order valence-electron chi connectivity index (χ0n) is 11.5. The monoisotopic (exact) mass is 338 g/mol. The molecule has 0 aliphatic heterocycles. The number of pyridine rings is 1. The lowest BCUT2D eigenvalue weighted by Crippen LogP contribution is -2.30. The number of hydrogen-bond acceptors (Lipinski definition) is 4. The Kier molecular flexibility index (Phi) is 5.35. The number of carbonyl (C=O) groups is 2. The lowest BCUT2D eigenvalue weighted by atomic mass is 10.2. The molecular weight excluding hydrogens is 327 g/mol. The number of carbonyl (C=O) groups excluding carboxylic acids is 2. The van der Waals surface area contributed by atoms with Crippen LogP contribution in [0.1, 0.15) is 17.3 Å². The van der Waals surface area contributed by atoms with Crippen molar-refractivity contribution in [3.8, 4) is 0 Å². The van der Waals surface area contributed by atoms with Crippen LogP contribution < -0.4 is 5.32 Å². The molecular formula is C15H12Cl2N2O3. The van der Waals surface area contributed by atoms with Crippen LogP contribution in [0.15, 0.2) is 42.7 Å². The largest absolute Gasteiger partial charge is 0.449 e. The van der Waals surface area contributed by atoms with E-state index in [0.29, 0.717) is 15.7 Å². The lowest BCUT2D eigenvalue weighted by molar-refractivity contribution is -0.123. The number of halogens is 2. The second-order valence-electron chi connectivity index (χ2n) is 4.41. The maximum absolute atomic E-state index is 12.0. The summed E-state index contributed by atoms with van der Waals surface area (Å²) < 4.78 is 5.07. The molecule has 1 heterocycles. The minimum absolute atomic E-state index is 0.275. The third-order valence-corrected chi connectivity index (χ3v) is 3.48. The highest BCUT2D eigenvalue weighted by Crippen LogP contribution is 2.25. The quantitative estimate of drug-likeness (QED) is 0.865. The molecule has 0 saturated carbocycles. The Balaban J connectivity index is 1.97. The van der Waals surface area contributed by atoms with E-state index < -0.39 is 18.0 Å². The second-order valence-corrected chi connectivity index (χ2v) is 5.22. The number of ether oxygens (including phenoxy) is 1. The summed E-state index contributed by atoms with van der Waals surface area (Å²) in [6, 6.07) is 7.83. The summed E-state index contributed by atoms with van der Waals surface area (Å²) in [4.78, 5) is 27.6. The fourth-order valence-electron chi connectivity index (χ4n) is 1.58. The van der Waals surface area contributed by atoms with Crippen molar-refractivity contribution < 1.29 is 14.3 Å². The maximum atomic E-state index is 12.0. The molecule has 7 heteroatoms.